The van der Waals surface area contributed by atoms with Crippen LogP contribution in [0.2, 0.25) is 0 Å². The molecule has 1 spiro atoms. The van der Waals surface area contributed by atoms with Crippen molar-refractivity contribution in [1.82, 2.24) is 0 Å². The highest BCUT2D eigenvalue weighted by molar-refractivity contribution is 8.01. The van der Waals surface area contributed by atoms with Crippen molar-refractivity contribution in [2.24, 2.45) is 23.2 Å². The number of ether oxygens (including phenoxy) is 1. The molecule has 6 rings (SSSR count). The summed E-state index contributed by atoms with van der Waals surface area (Å²) in [6, 6.07) is 6.60. The van der Waals surface area contributed by atoms with Crippen molar-refractivity contribution in [3.8, 4) is 5.75 Å². The fraction of sp³-hybridized carbons (Fsp3) is 0.640. The Morgan fingerprint density at radius 3 is 2.90 bits per heavy atom. The van der Waals surface area contributed by atoms with Crippen molar-refractivity contribution in [3.63, 3.8) is 0 Å². The number of hydrogen-bond donors (Lipinski definition) is 1. The van der Waals surface area contributed by atoms with Gasteiger partial charge in [0.2, 0.25) is 0 Å². The van der Waals surface area contributed by atoms with Gasteiger partial charge in [-0.05, 0) is 97.0 Å². The molecular weight excluding hydrogens is 380 g/mol. The maximum atomic E-state index is 12.3. The highest BCUT2D eigenvalue weighted by Gasteiger charge is 2.65. The Labute approximate surface area is 177 Å². The minimum atomic E-state index is -0.175. The molecular formula is C25H30O3S. The summed E-state index contributed by atoms with van der Waals surface area (Å²) in [7, 11) is 1.73. The van der Waals surface area contributed by atoms with Crippen LogP contribution in [0.25, 0.3) is 0 Å². The number of ketones is 1. The summed E-state index contributed by atoms with van der Waals surface area (Å²) in [6.45, 7) is 2.36. The van der Waals surface area contributed by atoms with E-state index < -0.39 is 0 Å². The van der Waals surface area contributed by atoms with E-state index in [2.05, 4.69) is 25.1 Å². The third-order valence-electron chi connectivity index (χ3n) is 9.25. The number of carbonyl (C=O) groups excluding carboxylic acids is 1. The molecule has 4 aliphatic carbocycles. The number of rotatable bonds is 1. The van der Waals surface area contributed by atoms with E-state index in [9.17, 15) is 9.90 Å². The molecule has 1 heterocycles. The first kappa shape index (κ1) is 18.5. The van der Waals surface area contributed by atoms with Gasteiger partial charge in [0.25, 0.3) is 0 Å². The van der Waals surface area contributed by atoms with Crippen molar-refractivity contribution < 1.29 is 14.6 Å². The van der Waals surface area contributed by atoms with Gasteiger partial charge in [0.15, 0.2) is 5.78 Å². The van der Waals surface area contributed by atoms with E-state index in [1.807, 2.05) is 17.8 Å². The smallest absolute Gasteiger partial charge is 0.155 e. The number of fused-ring (bicyclic) bond motifs is 4. The highest BCUT2D eigenvalue weighted by Crippen LogP contribution is 2.72. The largest absolute Gasteiger partial charge is 0.497 e. The lowest BCUT2D eigenvalue weighted by molar-refractivity contribution is -0.116. The van der Waals surface area contributed by atoms with Crippen LogP contribution in [0.3, 0.4) is 0 Å². The van der Waals surface area contributed by atoms with Crippen LogP contribution in [0.5, 0.6) is 5.75 Å². The summed E-state index contributed by atoms with van der Waals surface area (Å²) in [5, 5.41) is 11.0. The Hall–Kier alpha value is -1.26. The van der Waals surface area contributed by atoms with Crippen molar-refractivity contribution in [3.05, 3.63) is 35.4 Å². The van der Waals surface area contributed by atoms with Crippen molar-refractivity contribution in [2.45, 2.75) is 73.5 Å². The first-order chi connectivity index (χ1) is 14.0. The van der Waals surface area contributed by atoms with Crippen LogP contribution in [0.15, 0.2) is 34.7 Å². The molecule has 4 heteroatoms. The third kappa shape index (κ3) is 2.33. The molecule has 3 fully saturated rings. The fourth-order valence-electron chi connectivity index (χ4n) is 8.00. The van der Waals surface area contributed by atoms with Gasteiger partial charge in [-0.2, -0.15) is 0 Å². The van der Waals surface area contributed by atoms with Crippen LogP contribution in [0, 0.1) is 23.2 Å². The zero-order chi connectivity index (χ0) is 20.0. The molecule has 29 heavy (non-hydrogen) atoms. The molecule has 154 valence electrons. The molecule has 0 bridgehead atoms. The topological polar surface area (TPSA) is 46.5 Å². The van der Waals surface area contributed by atoms with Crippen LogP contribution >= 0.6 is 11.8 Å². The maximum Gasteiger partial charge on any atom is 0.155 e. The van der Waals surface area contributed by atoms with E-state index in [-0.39, 0.29) is 16.3 Å². The second-order valence-electron chi connectivity index (χ2n) is 10.3. The average Bonchev–Trinajstić information content (AvgIpc) is 3.02. The van der Waals surface area contributed by atoms with Gasteiger partial charge in [0, 0.05) is 16.1 Å². The van der Waals surface area contributed by atoms with Crippen molar-refractivity contribution in [2.75, 3.05) is 7.11 Å². The SMILES string of the molecule is COc1ccc2c(c1)S[C@]13CCC(=O)C=C1CC[C@@H]1[C@@H]3[C@@H]2C[C@]2(C)[C@@H](O)CC[C@@H]12. The van der Waals surface area contributed by atoms with Gasteiger partial charge in [-0.15, -0.1) is 11.8 Å². The second-order valence-corrected chi connectivity index (χ2v) is 11.6. The van der Waals surface area contributed by atoms with E-state index in [4.69, 9.17) is 4.74 Å². The lowest BCUT2D eigenvalue weighted by Crippen LogP contribution is -2.58. The summed E-state index contributed by atoms with van der Waals surface area (Å²) in [4.78, 5) is 13.7. The monoisotopic (exact) mass is 410 g/mol. The Balaban J connectivity index is 1.56. The molecule has 1 aromatic carbocycles. The van der Waals surface area contributed by atoms with Gasteiger partial charge in [0.05, 0.1) is 13.2 Å². The second kappa shape index (κ2) is 6.13. The molecule has 1 aromatic rings. The number of hydrogen-bond acceptors (Lipinski definition) is 4. The van der Waals surface area contributed by atoms with Crippen LogP contribution < -0.4 is 4.74 Å². The molecule has 0 radical (unpaired) electrons. The first-order valence-electron chi connectivity index (χ1n) is 11.3. The Bertz CT molecular complexity index is 923. The van der Waals surface area contributed by atoms with Crippen LogP contribution in [0.4, 0.5) is 0 Å². The summed E-state index contributed by atoms with van der Waals surface area (Å²) >= 11 is 2.03. The Morgan fingerprint density at radius 2 is 2.07 bits per heavy atom. The molecule has 3 saturated carbocycles. The number of thioether (sulfide) groups is 1. The third-order valence-corrected chi connectivity index (χ3v) is 10.9. The fourth-order valence-corrected chi connectivity index (χ4v) is 9.88. The van der Waals surface area contributed by atoms with Gasteiger partial charge < -0.3 is 9.84 Å². The van der Waals surface area contributed by atoms with Crippen molar-refractivity contribution >= 4 is 17.5 Å². The van der Waals surface area contributed by atoms with Crippen LogP contribution in [-0.4, -0.2) is 28.9 Å². The quantitative estimate of drug-likeness (QED) is 0.698. The predicted molar refractivity (Wildman–Crippen MR) is 114 cm³/mol. The van der Waals surface area contributed by atoms with Crippen molar-refractivity contribution in [1.29, 1.82) is 0 Å². The zero-order valence-electron chi connectivity index (χ0n) is 17.3. The Morgan fingerprint density at radius 1 is 1.21 bits per heavy atom. The molecule has 0 saturated heterocycles. The molecule has 5 aliphatic rings. The van der Waals surface area contributed by atoms with Gasteiger partial charge in [-0.25, -0.2) is 0 Å². The van der Waals surface area contributed by atoms with E-state index in [0.717, 1.165) is 31.4 Å². The normalized spacial score (nSPS) is 44.9. The molecule has 0 amide bonds. The Kier molecular flexibility index (Phi) is 3.91. The number of aliphatic hydroxyl groups is 1. The van der Waals surface area contributed by atoms with Crippen LogP contribution in [-0.2, 0) is 4.79 Å². The van der Waals surface area contributed by atoms with Gasteiger partial charge in [0.1, 0.15) is 5.75 Å². The van der Waals surface area contributed by atoms with Gasteiger partial charge in [-0.3, -0.25) is 4.79 Å². The molecule has 0 unspecified atom stereocenters. The number of methoxy groups -OCH3 is 1. The molecule has 7 atom stereocenters. The lowest BCUT2D eigenvalue weighted by Gasteiger charge is -2.63. The predicted octanol–water partition coefficient (Wildman–Crippen LogP) is 5.12. The first-order valence-corrected chi connectivity index (χ1v) is 12.1. The summed E-state index contributed by atoms with van der Waals surface area (Å²) in [5.74, 6) is 3.56. The molecule has 0 aromatic heterocycles. The standard InChI is InChI=1S/C25H30O3S/c1-24-13-19-17-6-4-16(28-2)12-21(17)29-25-10-9-15(26)11-14(25)3-5-18(23(19)25)20(24)7-8-22(24)27/h4,6,11-12,18-20,22-23,27H,3,5,7-10,13H2,1-2H3/t18-,19+,20-,22-,23+,24-,25+/m0/s1. The van der Waals surface area contributed by atoms with Crippen LogP contribution in [0.1, 0.15) is 63.4 Å². The van der Waals surface area contributed by atoms with E-state index in [1.54, 1.807) is 7.11 Å². The minimum Gasteiger partial charge on any atom is -0.497 e. The summed E-state index contributed by atoms with van der Waals surface area (Å²) in [6.07, 6.45) is 8.91. The number of benzene rings is 1. The van der Waals surface area contributed by atoms with E-state index in [0.29, 0.717) is 35.9 Å². The molecule has 1 N–H and O–H groups in total. The average molecular weight is 411 g/mol. The molecule has 1 aliphatic heterocycles. The van der Waals surface area contributed by atoms with E-state index in [1.165, 1.54) is 28.9 Å². The van der Waals surface area contributed by atoms with Gasteiger partial charge in [-0.1, -0.05) is 13.0 Å². The molecule has 3 nitrogen and oxygen atoms in total. The lowest BCUT2D eigenvalue weighted by atomic mass is 9.47. The van der Waals surface area contributed by atoms with Gasteiger partial charge >= 0.3 is 0 Å². The number of aliphatic hydroxyl groups excluding tert-OH is 1. The van der Waals surface area contributed by atoms with E-state index >= 15 is 0 Å². The highest BCUT2D eigenvalue weighted by atomic mass is 32.2. The number of carbonyl (C=O) groups is 1. The minimum absolute atomic E-state index is 0.0257. The maximum absolute atomic E-state index is 12.3. The summed E-state index contributed by atoms with van der Waals surface area (Å²) in [5.41, 5.74) is 2.88. The summed E-state index contributed by atoms with van der Waals surface area (Å²) < 4.78 is 5.62. The zero-order valence-corrected chi connectivity index (χ0v) is 18.1.